The third-order valence-electron chi connectivity index (χ3n) is 1.43. The summed E-state index contributed by atoms with van der Waals surface area (Å²) in [5.41, 5.74) is 0. The standard InChI is InChI=1S/C9H18N2O5/c1-8(12)11-5-9(13)10-3-4-15-7-16-6-14-2/h3-7H2,1-2H3,(H,10,13)(H,11,12). The summed E-state index contributed by atoms with van der Waals surface area (Å²) < 4.78 is 14.5. The molecular formula is C9H18N2O5. The average molecular weight is 234 g/mol. The smallest absolute Gasteiger partial charge is 0.239 e. The van der Waals surface area contributed by atoms with Crippen LogP contribution in [0.15, 0.2) is 0 Å². The first-order chi connectivity index (χ1) is 7.66. The number of rotatable bonds is 9. The number of amides is 2. The maximum Gasteiger partial charge on any atom is 0.239 e. The Labute approximate surface area is 94.4 Å². The first-order valence-electron chi connectivity index (χ1n) is 4.82. The van der Waals surface area contributed by atoms with Gasteiger partial charge < -0.3 is 24.8 Å². The molecule has 0 atom stereocenters. The number of ether oxygens (including phenoxy) is 3. The third-order valence-corrected chi connectivity index (χ3v) is 1.43. The Hall–Kier alpha value is -1.18. The molecule has 0 aliphatic heterocycles. The molecule has 2 amide bonds. The Morgan fingerprint density at radius 3 is 2.50 bits per heavy atom. The van der Waals surface area contributed by atoms with Crippen LogP contribution in [0.5, 0.6) is 0 Å². The molecule has 0 unspecified atom stereocenters. The molecule has 94 valence electrons. The zero-order valence-electron chi connectivity index (χ0n) is 9.58. The normalized spacial score (nSPS) is 9.88. The molecule has 0 bridgehead atoms. The summed E-state index contributed by atoms with van der Waals surface area (Å²) in [7, 11) is 1.52. The second-order valence-corrected chi connectivity index (χ2v) is 2.90. The second kappa shape index (κ2) is 10.3. The monoisotopic (exact) mass is 234 g/mol. The van der Waals surface area contributed by atoms with E-state index in [0.29, 0.717) is 13.2 Å². The van der Waals surface area contributed by atoms with Crippen LogP contribution in [-0.4, -0.2) is 52.2 Å². The van der Waals surface area contributed by atoms with Crippen LogP contribution in [0.1, 0.15) is 6.92 Å². The van der Waals surface area contributed by atoms with E-state index in [4.69, 9.17) is 9.47 Å². The van der Waals surface area contributed by atoms with E-state index in [1.807, 2.05) is 0 Å². The molecule has 0 aliphatic carbocycles. The van der Waals surface area contributed by atoms with Crippen LogP contribution in [0, 0.1) is 0 Å². The zero-order chi connectivity index (χ0) is 12.2. The van der Waals surface area contributed by atoms with Gasteiger partial charge in [-0.2, -0.15) is 0 Å². The number of methoxy groups -OCH3 is 1. The molecule has 0 aromatic rings. The molecule has 0 aromatic carbocycles. The number of hydrogen-bond donors (Lipinski definition) is 2. The molecule has 16 heavy (non-hydrogen) atoms. The molecule has 0 aliphatic rings. The van der Waals surface area contributed by atoms with Crippen molar-refractivity contribution in [2.24, 2.45) is 0 Å². The number of hydrogen-bond acceptors (Lipinski definition) is 5. The SMILES string of the molecule is COCOCOCCNC(=O)CNC(C)=O. The summed E-state index contributed by atoms with van der Waals surface area (Å²) in [6.45, 7) is 2.34. The average Bonchev–Trinajstić information content (AvgIpc) is 2.25. The van der Waals surface area contributed by atoms with E-state index in [1.165, 1.54) is 14.0 Å². The fraction of sp³-hybridized carbons (Fsp3) is 0.778. The summed E-state index contributed by atoms with van der Waals surface area (Å²) in [6, 6.07) is 0. The van der Waals surface area contributed by atoms with E-state index < -0.39 is 0 Å². The third kappa shape index (κ3) is 10.9. The molecule has 0 radical (unpaired) electrons. The maximum atomic E-state index is 11.1. The number of nitrogens with one attached hydrogen (secondary N) is 2. The van der Waals surface area contributed by atoms with E-state index in [1.54, 1.807) is 0 Å². The first kappa shape index (κ1) is 14.8. The highest BCUT2D eigenvalue weighted by molar-refractivity contribution is 5.83. The lowest BCUT2D eigenvalue weighted by atomic mass is 10.5. The van der Waals surface area contributed by atoms with Gasteiger partial charge in [0.1, 0.15) is 13.6 Å². The highest BCUT2D eigenvalue weighted by atomic mass is 16.7. The van der Waals surface area contributed by atoms with Crippen molar-refractivity contribution >= 4 is 11.8 Å². The first-order valence-corrected chi connectivity index (χ1v) is 4.82. The second-order valence-electron chi connectivity index (χ2n) is 2.90. The van der Waals surface area contributed by atoms with Crippen molar-refractivity contribution in [3.8, 4) is 0 Å². The molecule has 0 heterocycles. The zero-order valence-corrected chi connectivity index (χ0v) is 9.58. The van der Waals surface area contributed by atoms with Gasteiger partial charge in [0, 0.05) is 20.6 Å². The Morgan fingerprint density at radius 1 is 1.12 bits per heavy atom. The molecule has 0 saturated heterocycles. The highest BCUT2D eigenvalue weighted by Crippen LogP contribution is 1.78. The maximum absolute atomic E-state index is 11.1. The molecule has 7 heteroatoms. The Bertz CT molecular complexity index is 210. The van der Waals surface area contributed by atoms with Crippen molar-refractivity contribution in [1.82, 2.24) is 10.6 Å². The van der Waals surface area contributed by atoms with Gasteiger partial charge in [0.15, 0.2) is 0 Å². The van der Waals surface area contributed by atoms with Gasteiger partial charge in [-0.05, 0) is 0 Å². The van der Waals surface area contributed by atoms with Crippen LogP contribution in [0.4, 0.5) is 0 Å². The summed E-state index contributed by atoms with van der Waals surface area (Å²) >= 11 is 0. The quantitative estimate of drug-likeness (QED) is 0.388. The lowest BCUT2D eigenvalue weighted by Gasteiger charge is -2.06. The van der Waals surface area contributed by atoms with E-state index in [-0.39, 0.29) is 31.9 Å². The molecule has 0 rings (SSSR count). The van der Waals surface area contributed by atoms with Crippen LogP contribution in [0.25, 0.3) is 0 Å². The van der Waals surface area contributed by atoms with Crippen molar-refractivity contribution in [3.05, 3.63) is 0 Å². The minimum Gasteiger partial charge on any atom is -0.359 e. The van der Waals surface area contributed by atoms with E-state index in [2.05, 4.69) is 15.4 Å². The van der Waals surface area contributed by atoms with Gasteiger partial charge in [-0.1, -0.05) is 0 Å². The van der Waals surface area contributed by atoms with E-state index >= 15 is 0 Å². The largest absolute Gasteiger partial charge is 0.359 e. The summed E-state index contributed by atoms with van der Waals surface area (Å²) in [5.74, 6) is -0.490. The molecule has 0 aromatic heterocycles. The Kier molecular flexibility index (Phi) is 9.58. The molecule has 7 nitrogen and oxygen atoms in total. The highest BCUT2D eigenvalue weighted by Gasteiger charge is 2.00. The number of carbonyl (C=O) groups excluding carboxylic acids is 2. The molecular weight excluding hydrogens is 216 g/mol. The predicted octanol–water partition coefficient (Wildman–Crippen LogP) is -1.17. The van der Waals surface area contributed by atoms with Crippen LogP contribution in [0.3, 0.4) is 0 Å². The molecule has 2 N–H and O–H groups in total. The number of carbonyl (C=O) groups is 2. The molecule has 0 fully saturated rings. The van der Waals surface area contributed by atoms with Crippen LogP contribution in [-0.2, 0) is 23.8 Å². The minimum atomic E-state index is -0.253. The van der Waals surface area contributed by atoms with Crippen molar-refractivity contribution in [1.29, 1.82) is 0 Å². The van der Waals surface area contributed by atoms with Crippen LogP contribution in [0.2, 0.25) is 0 Å². The van der Waals surface area contributed by atoms with Crippen molar-refractivity contribution in [3.63, 3.8) is 0 Å². The molecule has 0 spiro atoms. The van der Waals surface area contributed by atoms with Gasteiger partial charge in [0.05, 0.1) is 13.2 Å². The summed E-state index contributed by atoms with van der Waals surface area (Å²) in [4.78, 5) is 21.5. The van der Waals surface area contributed by atoms with Crippen molar-refractivity contribution in [2.45, 2.75) is 6.92 Å². The van der Waals surface area contributed by atoms with Gasteiger partial charge in [-0.15, -0.1) is 0 Å². The molecule has 0 saturated carbocycles. The van der Waals surface area contributed by atoms with Crippen molar-refractivity contribution < 1.29 is 23.8 Å². The van der Waals surface area contributed by atoms with Crippen molar-refractivity contribution in [2.75, 3.05) is 40.4 Å². The lowest BCUT2D eigenvalue weighted by molar-refractivity contribution is -0.127. The fourth-order valence-corrected chi connectivity index (χ4v) is 0.765. The van der Waals surface area contributed by atoms with Gasteiger partial charge >= 0.3 is 0 Å². The minimum absolute atomic E-state index is 0.0183. The predicted molar refractivity (Wildman–Crippen MR) is 55.5 cm³/mol. The Balaban J connectivity index is 3.18. The van der Waals surface area contributed by atoms with Gasteiger partial charge in [0.25, 0.3) is 0 Å². The summed E-state index contributed by atoms with van der Waals surface area (Å²) in [6.07, 6.45) is 0. The van der Waals surface area contributed by atoms with E-state index in [0.717, 1.165) is 0 Å². The topological polar surface area (TPSA) is 85.9 Å². The van der Waals surface area contributed by atoms with Gasteiger partial charge in [-0.25, -0.2) is 0 Å². The van der Waals surface area contributed by atoms with Gasteiger partial charge in [-0.3, -0.25) is 9.59 Å². The Morgan fingerprint density at radius 2 is 1.88 bits per heavy atom. The van der Waals surface area contributed by atoms with Crippen LogP contribution < -0.4 is 10.6 Å². The summed E-state index contributed by atoms with van der Waals surface area (Å²) in [5, 5.41) is 4.94. The van der Waals surface area contributed by atoms with E-state index in [9.17, 15) is 9.59 Å². The lowest BCUT2D eigenvalue weighted by Crippen LogP contribution is -2.37. The van der Waals surface area contributed by atoms with Gasteiger partial charge in [0.2, 0.25) is 11.8 Å². The van der Waals surface area contributed by atoms with Crippen LogP contribution >= 0.6 is 0 Å². The fourth-order valence-electron chi connectivity index (χ4n) is 0.765.